The topological polar surface area (TPSA) is 55.1 Å². The summed E-state index contributed by atoms with van der Waals surface area (Å²) in [4.78, 5) is 16.3. The molecule has 0 fully saturated rings. The van der Waals surface area contributed by atoms with Crippen LogP contribution >= 0.6 is 15.9 Å². The molecule has 2 heterocycles. The molecule has 0 aliphatic carbocycles. The zero-order chi connectivity index (χ0) is 16.1. The number of nitrogens with zero attached hydrogens (tertiary/aromatic N) is 1. The number of hydrogen-bond acceptors (Lipinski definition) is 3. The molecule has 0 unspecified atom stereocenters. The van der Waals surface area contributed by atoms with E-state index in [4.69, 9.17) is 4.42 Å². The van der Waals surface area contributed by atoms with E-state index in [1.165, 1.54) is 0 Å². The van der Waals surface area contributed by atoms with E-state index in [0.717, 1.165) is 26.9 Å². The van der Waals surface area contributed by atoms with Crippen molar-refractivity contribution < 1.29 is 9.21 Å². The summed E-state index contributed by atoms with van der Waals surface area (Å²) in [6, 6.07) is 13.5. The number of pyridine rings is 1. The molecule has 116 valence electrons. The molecule has 0 atom stereocenters. The fraction of sp³-hybridized carbons (Fsp3) is 0.111. The van der Waals surface area contributed by atoms with Crippen LogP contribution in [0.3, 0.4) is 0 Å². The van der Waals surface area contributed by atoms with Crippen LogP contribution in [0.2, 0.25) is 0 Å². The number of carbonyl (C=O) groups excluding carboxylic acids is 1. The lowest BCUT2D eigenvalue weighted by Gasteiger charge is -2.06. The fourth-order valence-electron chi connectivity index (χ4n) is 2.16. The summed E-state index contributed by atoms with van der Waals surface area (Å²) in [5.74, 6) is -0.00812. The third-order valence-electron chi connectivity index (χ3n) is 3.41. The minimum absolute atomic E-state index is 0.00812. The molecule has 2 aromatic heterocycles. The lowest BCUT2D eigenvalue weighted by atomic mass is 10.1. The molecule has 0 saturated carbocycles. The second kappa shape index (κ2) is 7.24. The maximum atomic E-state index is 12.0. The van der Waals surface area contributed by atoms with Gasteiger partial charge in [-0.3, -0.25) is 9.78 Å². The van der Waals surface area contributed by atoms with Crippen molar-refractivity contribution in [3.63, 3.8) is 0 Å². The molecule has 1 N–H and O–H groups in total. The van der Waals surface area contributed by atoms with Crippen molar-refractivity contribution in [1.82, 2.24) is 10.3 Å². The van der Waals surface area contributed by atoms with Crippen LogP contribution in [0, 0.1) is 0 Å². The van der Waals surface area contributed by atoms with Crippen LogP contribution in [0.15, 0.2) is 70.1 Å². The fourth-order valence-corrected chi connectivity index (χ4v) is 2.43. The van der Waals surface area contributed by atoms with E-state index in [9.17, 15) is 4.79 Å². The van der Waals surface area contributed by atoms with Gasteiger partial charge in [0.1, 0.15) is 0 Å². The molecule has 0 spiro atoms. The normalized spacial score (nSPS) is 10.5. The largest absolute Gasteiger partial charge is 0.472 e. The highest BCUT2D eigenvalue weighted by Gasteiger charge is 2.05. The van der Waals surface area contributed by atoms with Gasteiger partial charge in [-0.2, -0.15) is 0 Å². The SMILES string of the molecule is O=C(Cc1ccc(Br)cc1)NCc1ccc(-c2ccoc2)nc1. The summed E-state index contributed by atoms with van der Waals surface area (Å²) in [5.41, 5.74) is 3.74. The standard InChI is InChI=1S/C18H15BrN2O2/c19-16-4-1-13(2-5-16)9-18(22)21-11-14-3-6-17(20-10-14)15-7-8-23-12-15/h1-8,10,12H,9,11H2,(H,21,22). The van der Waals surface area contributed by atoms with Crippen LogP contribution in [0.1, 0.15) is 11.1 Å². The van der Waals surface area contributed by atoms with E-state index in [0.29, 0.717) is 13.0 Å². The lowest BCUT2D eigenvalue weighted by molar-refractivity contribution is -0.120. The Labute approximate surface area is 142 Å². The number of aromatic nitrogens is 1. The van der Waals surface area contributed by atoms with Gasteiger partial charge >= 0.3 is 0 Å². The molecular weight excluding hydrogens is 356 g/mol. The smallest absolute Gasteiger partial charge is 0.224 e. The van der Waals surface area contributed by atoms with Gasteiger partial charge in [0, 0.05) is 22.8 Å². The molecule has 5 heteroatoms. The molecule has 3 aromatic rings. The molecule has 4 nitrogen and oxygen atoms in total. The first-order chi connectivity index (χ1) is 11.2. The van der Waals surface area contributed by atoms with Crippen LogP contribution in [-0.4, -0.2) is 10.9 Å². The minimum atomic E-state index is -0.00812. The van der Waals surface area contributed by atoms with Crippen molar-refractivity contribution in [2.45, 2.75) is 13.0 Å². The molecule has 3 rings (SSSR count). The van der Waals surface area contributed by atoms with Crippen LogP contribution in [0.4, 0.5) is 0 Å². The van der Waals surface area contributed by atoms with Crippen molar-refractivity contribution in [3.05, 3.63) is 76.8 Å². The van der Waals surface area contributed by atoms with Gasteiger partial charge in [0.25, 0.3) is 0 Å². The van der Waals surface area contributed by atoms with Crippen LogP contribution in [0.25, 0.3) is 11.3 Å². The summed E-state index contributed by atoms with van der Waals surface area (Å²) in [7, 11) is 0. The summed E-state index contributed by atoms with van der Waals surface area (Å²) >= 11 is 3.38. The highest BCUT2D eigenvalue weighted by molar-refractivity contribution is 9.10. The average Bonchev–Trinajstić information content (AvgIpc) is 3.10. The third kappa shape index (κ3) is 4.29. The molecule has 1 amide bonds. The van der Waals surface area contributed by atoms with Crippen LogP contribution in [0.5, 0.6) is 0 Å². The van der Waals surface area contributed by atoms with Crippen molar-refractivity contribution in [2.24, 2.45) is 0 Å². The third-order valence-corrected chi connectivity index (χ3v) is 3.94. The van der Waals surface area contributed by atoms with Crippen LogP contribution in [-0.2, 0) is 17.8 Å². The van der Waals surface area contributed by atoms with Gasteiger partial charge in [-0.05, 0) is 35.4 Å². The number of amides is 1. The van der Waals surface area contributed by atoms with Crippen molar-refractivity contribution in [2.75, 3.05) is 0 Å². The number of benzene rings is 1. The number of rotatable bonds is 5. The van der Waals surface area contributed by atoms with Crippen molar-refractivity contribution in [1.29, 1.82) is 0 Å². The van der Waals surface area contributed by atoms with Gasteiger partial charge in [-0.25, -0.2) is 0 Å². The number of carbonyl (C=O) groups is 1. The van der Waals surface area contributed by atoms with E-state index in [2.05, 4.69) is 26.2 Å². The van der Waals surface area contributed by atoms with E-state index in [1.54, 1.807) is 18.7 Å². The molecule has 0 radical (unpaired) electrons. The molecule has 0 aliphatic heterocycles. The minimum Gasteiger partial charge on any atom is -0.472 e. The first-order valence-electron chi connectivity index (χ1n) is 7.19. The zero-order valence-electron chi connectivity index (χ0n) is 12.3. The lowest BCUT2D eigenvalue weighted by Crippen LogP contribution is -2.24. The Kier molecular flexibility index (Phi) is 4.88. The van der Waals surface area contributed by atoms with Gasteiger partial charge < -0.3 is 9.73 Å². The summed E-state index contributed by atoms with van der Waals surface area (Å²) in [6.07, 6.45) is 5.41. The molecule has 0 bridgehead atoms. The first kappa shape index (κ1) is 15.5. The number of halogens is 1. The Morgan fingerprint density at radius 3 is 2.52 bits per heavy atom. The van der Waals surface area contributed by atoms with Crippen molar-refractivity contribution >= 4 is 21.8 Å². The Morgan fingerprint density at radius 2 is 1.87 bits per heavy atom. The van der Waals surface area contributed by atoms with Gasteiger partial charge in [-0.15, -0.1) is 0 Å². The Balaban J connectivity index is 1.53. The van der Waals surface area contributed by atoms with E-state index < -0.39 is 0 Å². The summed E-state index contributed by atoms with van der Waals surface area (Å²) in [6.45, 7) is 0.466. The summed E-state index contributed by atoms with van der Waals surface area (Å²) < 4.78 is 6.05. The average molecular weight is 371 g/mol. The second-order valence-corrected chi connectivity index (χ2v) is 6.06. The number of hydrogen-bond donors (Lipinski definition) is 1. The quantitative estimate of drug-likeness (QED) is 0.739. The van der Waals surface area contributed by atoms with Gasteiger partial charge in [0.15, 0.2) is 0 Å². The Hall–Kier alpha value is -2.40. The van der Waals surface area contributed by atoms with Crippen molar-refractivity contribution in [3.8, 4) is 11.3 Å². The second-order valence-electron chi connectivity index (χ2n) is 5.14. The zero-order valence-corrected chi connectivity index (χ0v) is 13.9. The molecule has 0 saturated heterocycles. The predicted octanol–water partition coefficient (Wildman–Crippen LogP) is 3.96. The molecule has 23 heavy (non-hydrogen) atoms. The van der Waals surface area contributed by atoms with Gasteiger partial charge in [-0.1, -0.05) is 34.1 Å². The van der Waals surface area contributed by atoms with Crippen LogP contribution < -0.4 is 5.32 Å². The highest BCUT2D eigenvalue weighted by Crippen LogP contribution is 2.17. The number of furan rings is 1. The van der Waals surface area contributed by atoms with E-state index in [-0.39, 0.29) is 5.91 Å². The molecule has 1 aromatic carbocycles. The highest BCUT2D eigenvalue weighted by atomic mass is 79.9. The summed E-state index contributed by atoms with van der Waals surface area (Å²) in [5, 5.41) is 2.91. The maximum Gasteiger partial charge on any atom is 0.224 e. The molecular formula is C18H15BrN2O2. The van der Waals surface area contributed by atoms with Gasteiger partial charge in [0.05, 0.1) is 24.6 Å². The maximum absolute atomic E-state index is 12.0. The predicted molar refractivity (Wildman–Crippen MR) is 91.6 cm³/mol. The Morgan fingerprint density at radius 1 is 1.09 bits per heavy atom. The van der Waals surface area contributed by atoms with E-state index in [1.807, 2.05) is 42.5 Å². The molecule has 0 aliphatic rings. The Bertz CT molecular complexity index is 766. The monoisotopic (exact) mass is 370 g/mol. The van der Waals surface area contributed by atoms with E-state index >= 15 is 0 Å². The first-order valence-corrected chi connectivity index (χ1v) is 7.98. The van der Waals surface area contributed by atoms with Gasteiger partial charge in [0.2, 0.25) is 5.91 Å². The number of nitrogens with one attached hydrogen (secondary N) is 1.